The normalized spacial score (nSPS) is 12.9. The first-order valence-corrected chi connectivity index (χ1v) is 7.41. The molecule has 0 unspecified atom stereocenters. The fourth-order valence-corrected chi connectivity index (χ4v) is 2.79. The molecule has 20 heavy (non-hydrogen) atoms. The van der Waals surface area contributed by atoms with Gasteiger partial charge in [-0.05, 0) is 33.5 Å². The number of benzene rings is 1. The van der Waals surface area contributed by atoms with Crippen molar-refractivity contribution < 1.29 is 14.7 Å². The first-order chi connectivity index (χ1) is 9.04. The summed E-state index contributed by atoms with van der Waals surface area (Å²) in [4.78, 5) is 23.4. The minimum Gasteiger partial charge on any atom is -0.478 e. The SMILES string of the molecule is CC(C)(C)[C@H](N)C(=O)Nc1c(Br)cc(Br)cc1C(=O)O. The quantitative estimate of drug-likeness (QED) is 0.717. The number of hydrogen-bond acceptors (Lipinski definition) is 3. The first-order valence-electron chi connectivity index (χ1n) is 5.83. The van der Waals surface area contributed by atoms with Crippen LogP contribution in [0.5, 0.6) is 0 Å². The van der Waals surface area contributed by atoms with Crippen molar-refractivity contribution in [1.29, 1.82) is 0 Å². The number of halogens is 2. The van der Waals surface area contributed by atoms with Crippen LogP contribution in [0, 0.1) is 5.41 Å². The fourth-order valence-electron chi connectivity index (χ4n) is 1.46. The van der Waals surface area contributed by atoms with Gasteiger partial charge in [0.2, 0.25) is 5.91 Å². The van der Waals surface area contributed by atoms with Gasteiger partial charge in [-0.2, -0.15) is 0 Å². The summed E-state index contributed by atoms with van der Waals surface area (Å²) in [5.41, 5.74) is 5.63. The molecule has 110 valence electrons. The Morgan fingerprint density at radius 3 is 2.30 bits per heavy atom. The Morgan fingerprint density at radius 1 is 1.30 bits per heavy atom. The fraction of sp³-hybridized carbons (Fsp3) is 0.385. The van der Waals surface area contributed by atoms with Crippen molar-refractivity contribution >= 4 is 49.4 Å². The van der Waals surface area contributed by atoms with Crippen molar-refractivity contribution in [3.8, 4) is 0 Å². The minimum atomic E-state index is -1.13. The molecule has 4 N–H and O–H groups in total. The zero-order valence-corrected chi connectivity index (χ0v) is 14.5. The van der Waals surface area contributed by atoms with Gasteiger partial charge < -0.3 is 16.2 Å². The number of anilines is 1. The van der Waals surface area contributed by atoms with E-state index in [1.807, 2.05) is 20.8 Å². The largest absolute Gasteiger partial charge is 0.478 e. The lowest BCUT2D eigenvalue weighted by Gasteiger charge is -2.26. The van der Waals surface area contributed by atoms with Gasteiger partial charge >= 0.3 is 5.97 Å². The Kier molecular flexibility index (Phi) is 5.34. The summed E-state index contributed by atoms with van der Waals surface area (Å²) < 4.78 is 1.07. The third kappa shape index (κ3) is 4.04. The van der Waals surface area contributed by atoms with Crippen molar-refractivity contribution in [3.63, 3.8) is 0 Å². The van der Waals surface area contributed by atoms with Crippen LogP contribution in [0.15, 0.2) is 21.1 Å². The molecule has 0 bridgehead atoms. The third-order valence-corrected chi connectivity index (χ3v) is 3.83. The molecule has 0 aliphatic rings. The molecular weight excluding hydrogens is 392 g/mol. The molecule has 0 fully saturated rings. The number of carboxylic acid groups (broad SMARTS) is 1. The number of carbonyl (C=O) groups excluding carboxylic acids is 1. The monoisotopic (exact) mass is 406 g/mol. The zero-order valence-electron chi connectivity index (χ0n) is 11.3. The summed E-state index contributed by atoms with van der Waals surface area (Å²) in [6, 6.07) is 2.33. The van der Waals surface area contributed by atoms with E-state index >= 15 is 0 Å². The number of carboxylic acids is 1. The number of hydrogen-bond donors (Lipinski definition) is 3. The molecule has 0 aromatic heterocycles. The number of nitrogens with two attached hydrogens (primary N) is 1. The van der Waals surface area contributed by atoms with Gasteiger partial charge in [0.05, 0.1) is 17.3 Å². The van der Waals surface area contributed by atoms with Gasteiger partial charge in [-0.3, -0.25) is 4.79 Å². The lowest BCUT2D eigenvalue weighted by atomic mass is 9.87. The van der Waals surface area contributed by atoms with Gasteiger partial charge in [0, 0.05) is 8.95 Å². The van der Waals surface area contributed by atoms with Crippen LogP contribution in [-0.2, 0) is 4.79 Å². The molecular formula is C13H16Br2N2O3. The number of carbonyl (C=O) groups is 2. The first kappa shape index (κ1) is 17.1. The Balaban J connectivity index is 3.16. The van der Waals surface area contributed by atoms with Gasteiger partial charge in [-0.15, -0.1) is 0 Å². The smallest absolute Gasteiger partial charge is 0.337 e. The van der Waals surface area contributed by atoms with E-state index in [-0.39, 0.29) is 11.3 Å². The second-order valence-corrected chi connectivity index (χ2v) is 7.22. The number of amides is 1. The number of rotatable bonds is 3. The van der Waals surface area contributed by atoms with Crippen LogP contribution in [0.3, 0.4) is 0 Å². The molecule has 1 rings (SSSR count). The Labute approximate surface area is 134 Å². The van der Waals surface area contributed by atoms with Crippen LogP contribution in [0.4, 0.5) is 5.69 Å². The van der Waals surface area contributed by atoms with Crippen molar-refractivity contribution in [2.24, 2.45) is 11.1 Å². The van der Waals surface area contributed by atoms with Crippen LogP contribution < -0.4 is 11.1 Å². The van der Waals surface area contributed by atoms with E-state index in [0.717, 1.165) is 0 Å². The van der Waals surface area contributed by atoms with Crippen molar-refractivity contribution in [1.82, 2.24) is 0 Å². The Bertz CT molecular complexity index is 553. The molecule has 1 aromatic carbocycles. The predicted molar refractivity (Wildman–Crippen MR) is 84.9 cm³/mol. The molecule has 5 nitrogen and oxygen atoms in total. The van der Waals surface area contributed by atoms with E-state index in [1.165, 1.54) is 6.07 Å². The van der Waals surface area contributed by atoms with Crippen molar-refractivity contribution in [2.45, 2.75) is 26.8 Å². The molecule has 0 aliphatic heterocycles. The highest BCUT2D eigenvalue weighted by atomic mass is 79.9. The maximum Gasteiger partial charge on any atom is 0.337 e. The summed E-state index contributed by atoms with van der Waals surface area (Å²) in [6.07, 6.45) is 0. The van der Waals surface area contributed by atoms with E-state index in [2.05, 4.69) is 37.2 Å². The lowest BCUT2D eigenvalue weighted by molar-refractivity contribution is -0.119. The highest BCUT2D eigenvalue weighted by Crippen LogP contribution is 2.31. The molecule has 0 radical (unpaired) electrons. The Hall–Kier alpha value is -0.920. The Morgan fingerprint density at radius 2 is 1.85 bits per heavy atom. The van der Waals surface area contributed by atoms with Crippen LogP contribution in [0.1, 0.15) is 31.1 Å². The van der Waals surface area contributed by atoms with Crippen LogP contribution in [-0.4, -0.2) is 23.0 Å². The molecule has 7 heteroatoms. The lowest BCUT2D eigenvalue weighted by Crippen LogP contribution is -2.45. The minimum absolute atomic E-state index is 0.0132. The number of nitrogens with one attached hydrogen (secondary N) is 1. The predicted octanol–water partition coefficient (Wildman–Crippen LogP) is 3.22. The van der Waals surface area contributed by atoms with Gasteiger partial charge in [0.15, 0.2) is 0 Å². The van der Waals surface area contributed by atoms with Crippen LogP contribution in [0.25, 0.3) is 0 Å². The van der Waals surface area contributed by atoms with E-state index < -0.39 is 23.3 Å². The van der Waals surface area contributed by atoms with E-state index in [9.17, 15) is 14.7 Å². The second kappa shape index (κ2) is 6.24. The molecule has 1 atom stereocenters. The molecule has 0 spiro atoms. The molecule has 1 aromatic rings. The van der Waals surface area contributed by atoms with Gasteiger partial charge in [-0.25, -0.2) is 4.79 Å². The molecule has 0 saturated carbocycles. The number of aromatic carboxylic acids is 1. The molecule has 0 aliphatic carbocycles. The highest BCUT2D eigenvalue weighted by molar-refractivity contribution is 9.11. The van der Waals surface area contributed by atoms with E-state index in [0.29, 0.717) is 8.95 Å². The van der Waals surface area contributed by atoms with Gasteiger partial charge in [0.1, 0.15) is 0 Å². The van der Waals surface area contributed by atoms with E-state index in [4.69, 9.17) is 5.73 Å². The summed E-state index contributed by atoms with van der Waals surface area (Å²) in [6.45, 7) is 5.52. The zero-order chi connectivity index (χ0) is 15.7. The van der Waals surface area contributed by atoms with Crippen LogP contribution in [0.2, 0.25) is 0 Å². The summed E-state index contributed by atoms with van der Waals surface area (Å²) >= 11 is 6.46. The van der Waals surface area contributed by atoms with E-state index in [1.54, 1.807) is 6.07 Å². The van der Waals surface area contributed by atoms with Crippen molar-refractivity contribution in [2.75, 3.05) is 5.32 Å². The standard InChI is InChI=1S/C13H16Br2N2O3/c1-13(2,3)10(16)11(18)17-9-7(12(19)20)4-6(14)5-8(9)15/h4-5,10H,16H2,1-3H3,(H,17,18)(H,19,20)/t10-/m1/s1. The average Bonchev–Trinajstić information content (AvgIpc) is 2.29. The van der Waals surface area contributed by atoms with Gasteiger partial charge in [0.25, 0.3) is 0 Å². The van der Waals surface area contributed by atoms with Crippen LogP contribution >= 0.6 is 31.9 Å². The highest BCUT2D eigenvalue weighted by Gasteiger charge is 2.29. The summed E-state index contributed by atoms with van der Waals surface area (Å²) in [5.74, 6) is -1.56. The molecule has 1 amide bonds. The summed E-state index contributed by atoms with van der Waals surface area (Å²) in [5, 5.41) is 11.8. The van der Waals surface area contributed by atoms with Crippen molar-refractivity contribution in [3.05, 3.63) is 26.6 Å². The second-order valence-electron chi connectivity index (χ2n) is 5.45. The molecule has 0 heterocycles. The maximum atomic E-state index is 12.1. The summed E-state index contributed by atoms with van der Waals surface area (Å²) in [7, 11) is 0. The maximum absolute atomic E-state index is 12.1. The topological polar surface area (TPSA) is 92.4 Å². The van der Waals surface area contributed by atoms with Gasteiger partial charge in [-0.1, -0.05) is 36.7 Å². The average molecular weight is 408 g/mol. The third-order valence-electron chi connectivity index (χ3n) is 2.75. The molecule has 0 saturated heterocycles.